The van der Waals surface area contributed by atoms with E-state index in [-0.39, 0.29) is 11.4 Å². The van der Waals surface area contributed by atoms with E-state index in [2.05, 4.69) is 9.97 Å². The number of nitrogens with zero attached hydrogens (tertiary/aromatic N) is 1. The zero-order chi connectivity index (χ0) is 13.1. The number of aromatic amines is 1. The number of rotatable bonds is 3. The molecule has 0 aliphatic carbocycles. The third-order valence-electron chi connectivity index (χ3n) is 2.65. The van der Waals surface area contributed by atoms with Gasteiger partial charge in [0, 0.05) is 23.7 Å². The fourth-order valence-corrected chi connectivity index (χ4v) is 1.76. The monoisotopic (exact) mass is 247 g/mol. The molecule has 0 aliphatic heterocycles. The third-order valence-corrected chi connectivity index (χ3v) is 2.65. The Balaban J connectivity index is 2.56. The predicted octanol–water partition coefficient (Wildman–Crippen LogP) is 1.39. The van der Waals surface area contributed by atoms with Crippen molar-refractivity contribution in [3.63, 3.8) is 0 Å². The van der Waals surface area contributed by atoms with Crippen molar-refractivity contribution in [2.75, 3.05) is 6.54 Å². The van der Waals surface area contributed by atoms with Gasteiger partial charge in [0.15, 0.2) is 0 Å². The summed E-state index contributed by atoms with van der Waals surface area (Å²) < 4.78 is 13.2. The summed E-state index contributed by atoms with van der Waals surface area (Å²) in [5.41, 5.74) is 7.24. The van der Waals surface area contributed by atoms with Gasteiger partial charge in [-0.25, -0.2) is 9.37 Å². The summed E-state index contributed by atoms with van der Waals surface area (Å²) in [4.78, 5) is 18.4. The van der Waals surface area contributed by atoms with Crippen molar-refractivity contribution in [2.24, 2.45) is 5.73 Å². The van der Waals surface area contributed by atoms with Gasteiger partial charge in [0.25, 0.3) is 5.56 Å². The van der Waals surface area contributed by atoms with Gasteiger partial charge in [0.1, 0.15) is 11.6 Å². The van der Waals surface area contributed by atoms with E-state index in [0.29, 0.717) is 30.0 Å². The number of aryl methyl sites for hydroxylation is 1. The van der Waals surface area contributed by atoms with Gasteiger partial charge in [-0.3, -0.25) is 4.79 Å². The highest BCUT2D eigenvalue weighted by Gasteiger charge is 2.08. The van der Waals surface area contributed by atoms with Crippen molar-refractivity contribution >= 4 is 0 Å². The topological polar surface area (TPSA) is 71.8 Å². The number of hydrogen-bond donors (Lipinski definition) is 2. The average molecular weight is 247 g/mol. The van der Waals surface area contributed by atoms with E-state index in [9.17, 15) is 9.18 Å². The van der Waals surface area contributed by atoms with Crippen LogP contribution in [-0.4, -0.2) is 16.5 Å². The van der Waals surface area contributed by atoms with Gasteiger partial charge in [0.2, 0.25) is 0 Å². The standard InChI is InChI=1S/C13H14FN3O/c1-8-2-3-9(14)6-11(8)13-16-10(4-5-15)7-12(18)17-13/h2-3,6-7H,4-5,15H2,1H3,(H,16,17,18). The summed E-state index contributed by atoms with van der Waals surface area (Å²) in [5, 5.41) is 0. The van der Waals surface area contributed by atoms with E-state index in [0.717, 1.165) is 5.56 Å². The van der Waals surface area contributed by atoms with Crippen molar-refractivity contribution in [3.05, 3.63) is 51.7 Å². The maximum atomic E-state index is 13.2. The Labute approximate surface area is 104 Å². The van der Waals surface area contributed by atoms with Crippen molar-refractivity contribution in [2.45, 2.75) is 13.3 Å². The largest absolute Gasteiger partial charge is 0.330 e. The Morgan fingerprint density at radius 1 is 1.39 bits per heavy atom. The number of benzene rings is 1. The van der Waals surface area contributed by atoms with Crippen LogP contribution in [0.15, 0.2) is 29.1 Å². The molecule has 0 atom stereocenters. The molecule has 0 fully saturated rings. The SMILES string of the molecule is Cc1ccc(F)cc1-c1nc(CCN)cc(=O)[nH]1. The first-order valence-electron chi connectivity index (χ1n) is 5.67. The van der Waals surface area contributed by atoms with E-state index in [1.54, 1.807) is 6.07 Å². The summed E-state index contributed by atoms with van der Waals surface area (Å²) in [6, 6.07) is 5.80. The molecule has 18 heavy (non-hydrogen) atoms. The Morgan fingerprint density at radius 3 is 2.89 bits per heavy atom. The van der Waals surface area contributed by atoms with Gasteiger partial charge in [0.05, 0.1) is 0 Å². The first kappa shape index (κ1) is 12.4. The van der Waals surface area contributed by atoms with Crippen molar-refractivity contribution in [1.82, 2.24) is 9.97 Å². The second kappa shape index (κ2) is 5.10. The summed E-state index contributed by atoms with van der Waals surface area (Å²) in [7, 11) is 0. The highest BCUT2D eigenvalue weighted by Crippen LogP contribution is 2.20. The van der Waals surface area contributed by atoms with Crippen LogP contribution in [0.25, 0.3) is 11.4 Å². The van der Waals surface area contributed by atoms with Gasteiger partial charge in [-0.15, -0.1) is 0 Å². The molecule has 5 heteroatoms. The summed E-state index contributed by atoms with van der Waals surface area (Å²) in [5.74, 6) is 0.0189. The molecule has 4 nitrogen and oxygen atoms in total. The van der Waals surface area contributed by atoms with E-state index >= 15 is 0 Å². The van der Waals surface area contributed by atoms with Gasteiger partial charge in [-0.05, 0) is 31.2 Å². The zero-order valence-corrected chi connectivity index (χ0v) is 10.0. The fraction of sp³-hybridized carbons (Fsp3) is 0.231. The second-order valence-electron chi connectivity index (χ2n) is 4.08. The Hall–Kier alpha value is -2.01. The highest BCUT2D eigenvalue weighted by molar-refractivity contribution is 5.59. The molecule has 1 heterocycles. The molecule has 1 aromatic heterocycles. The molecule has 0 spiro atoms. The quantitative estimate of drug-likeness (QED) is 0.860. The lowest BCUT2D eigenvalue weighted by molar-refractivity contribution is 0.627. The number of H-pyrrole nitrogens is 1. The van der Waals surface area contributed by atoms with Crippen LogP contribution in [0.4, 0.5) is 4.39 Å². The van der Waals surface area contributed by atoms with Gasteiger partial charge >= 0.3 is 0 Å². The lowest BCUT2D eigenvalue weighted by Crippen LogP contribution is -2.13. The van der Waals surface area contributed by atoms with E-state index in [1.165, 1.54) is 18.2 Å². The van der Waals surface area contributed by atoms with Gasteiger partial charge in [-0.1, -0.05) is 6.07 Å². The Kier molecular flexibility index (Phi) is 3.53. The number of halogens is 1. The maximum Gasteiger partial charge on any atom is 0.251 e. The van der Waals surface area contributed by atoms with Crippen LogP contribution < -0.4 is 11.3 Å². The minimum atomic E-state index is -0.359. The fourth-order valence-electron chi connectivity index (χ4n) is 1.76. The summed E-state index contributed by atoms with van der Waals surface area (Å²) >= 11 is 0. The molecule has 0 radical (unpaired) electrons. The van der Waals surface area contributed by atoms with Crippen LogP contribution in [0.3, 0.4) is 0 Å². The Morgan fingerprint density at radius 2 is 2.17 bits per heavy atom. The van der Waals surface area contributed by atoms with E-state index in [1.807, 2.05) is 6.92 Å². The number of hydrogen-bond acceptors (Lipinski definition) is 3. The Bertz CT molecular complexity index is 622. The van der Waals surface area contributed by atoms with Crippen molar-refractivity contribution in [3.8, 4) is 11.4 Å². The third kappa shape index (κ3) is 2.62. The van der Waals surface area contributed by atoms with E-state index < -0.39 is 0 Å². The minimum Gasteiger partial charge on any atom is -0.330 e. The molecule has 0 saturated carbocycles. The molecule has 0 unspecified atom stereocenters. The predicted molar refractivity (Wildman–Crippen MR) is 67.7 cm³/mol. The van der Waals surface area contributed by atoms with Gasteiger partial charge < -0.3 is 10.7 Å². The highest BCUT2D eigenvalue weighted by atomic mass is 19.1. The van der Waals surface area contributed by atoms with Crippen LogP contribution in [0.5, 0.6) is 0 Å². The molecule has 0 bridgehead atoms. The molecular formula is C13H14FN3O. The maximum absolute atomic E-state index is 13.2. The molecule has 2 aromatic rings. The van der Waals surface area contributed by atoms with Crippen LogP contribution in [0.1, 0.15) is 11.3 Å². The van der Waals surface area contributed by atoms with Crippen LogP contribution in [0.2, 0.25) is 0 Å². The molecule has 3 N–H and O–H groups in total. The lowest BCUT2D eigenvalue weighted by Gasteiger charge is -2.06. The molecule has 0 aliphatic rings. The van der Waals surface area contributed by atoms with E-state index in [4.69, 9.17) is 5.73 Å². The van der Waals surface area contributed by atoms with Gasteiger partial charge in [-0.2, -0.15) is 0 Å². The first-order chi connectivity index (χ1) is 8.60. The first-order valence-corrected chi connectivity index (χ1v) is 5.67. The van der Waals surface area contributed by atoms with Crippen molar-refractivity contribution in [1.29, 1.82) is 0 Å². The molecule has 94 valence electrons. The number of nitrogens with one attached hydrogen (secondary N) is 1. The van der Waals surface area contributed by atoms with Crippen LogP contribution in [-0.2, 0) is 6.42 Å². The second-order valence-corrected chi connectivity index (χ2v) is 4.08. The molecule has 2 rings (SSSR count). The molecule has 0 amide bonds. The number of nitrogens with two attached hydrogens (primary N) is 1. The smallest absolute Gasteiger partial charge is 0.251 e. The minimum absolute atomic E-state index is 0.257. The van der Waals surface area contributed by atoms with Crippen LogP contribution >= 0.6 is 0 Å². The summed E-state index contributed by atoms with van der Waals surface area (Å²) in [6.45, 7) is 2.25. The normalized spacial score (nSPS) is 10.6. The zero-order valence-electron chi connectivity index (χ0n) is 10.0. The average Bonchev–Trinajstić information content (AvgIpc) is 2.32. The molecular weight excluding hydrogens is 233 g/mol. The summed E-state index contributed by atoms with van der Waals surface area (Å²) in [6.07, 6.45) is 0.519. The molecule has 0 saturated heterocycles. The number of aromatic nitrogens is 2. The van der Waals surface area contributed by atoms with Crippen molar-refractivity contribution < 1.29 is 4.39 Å². The lowest BCUT2D eigenvalue weighted by atomic mass is 10.1. The van der Waals surface area contributed by atoms with Crippen LogP contribution in [0, 0.1) is 12.7 Å². The molecule has 1 aromatic carbocycles.